The summed E-state index contributed by atoms with van der Waals surface area (Å²) in [5.74, 6) is 1.50. The first-order valence-electron chi connectivity index (χ1n) is 13.6. The molecular weight excluding hydrogens is 376 g/mol. The van der Waals surface area contributed by atoms with Crippen LogP contribution in [-0.4, -0.2) is 11.2 Å². The van der Waals surface area contributed by atoms with Crippen LogP contribution >= 0.6 is 0 Å². The Hall–Kier alpha value is -0.300. The zero-order valence-electron chi connectivity index (χ0n) is 22.0. The number of rotatable bonds is 0. The van der Waals surface area contributed by atoms with Gasteiger partial charge in [0.05, 0.1) is 6.10 Å². The van der Waals surface area contributed by atoms with Crippen LogP contribution in [0.1, 0.15) is 126 Å². The summed E-state index contributed by atoms with van der Waals surface area (Å²) in [6, 6.07) is 0. The molecule has 3 fully saturated rings. The molecule has 1 heteroatoms. The molecule has 0 aliphatic heterocycles. The van der Waals surface area contributed by atoms with E-state index in [9.17, 15) is 5.11 Å². The second-order valence-corrected chi connectivity index (χ2v) is 15.2. The molecule has 1 nitrogen and oxygen atoms in total. The van der Waals surface area contributed by atoms with Gasteiger partial charge < -0.3 is 5.11 Å². The highest BCUT2D eigenvalue weighted by Gasteiger charge is 2.65. The first-order valence-corrected chi connectivity index (χ1v) is 13.6. The number of aliphatic hydroxyl groups is 1. The minimum Gasteiger partial charge on any atom is -0.393 e. The molecule has 0 heterocycles. The van der Waals surface area contributed by atoms with E-state index in [4.69, 9.17) is 0 Å². The molecule has 0 amide bonds. The molecule has 5 aliphatic carbocycles. The third kappa shape index (κ3) is 2.77. The molecular formula is C30H50O. The lowest BCUT2D eigenvalue weighted by molar-refractivity contribution is -0.154. The van der Waals surface area contributed by atoms with Crippen molar-refractivity contribution in [1.82, 2.24) is 0 Å². The Kier molecular flexibility index (Phi) is 4.66. The van der Waals surface area contributed by atoms with Gasteiger partial charge in [-0.3, -0.25) is 0 Å². The third-order valence-electron chi connectivity index (χ3n) is 13.0. The SMILES string of the molecule is CC1(C)CC[C@]2(C)CC[C@]3(C)C4=C(CC[C@@]3(C)[C@H]2C1)[C@@]1(C)CC[C@@H](O)C(C)(C)[C@@H]1CC4. The molecule has 3 saturated carbocycles. The van der Waals surface area contributed by atoms with E-state index >= 15 is 0 Å². The van der Waals surface area contributed by atoms with Crippen molar-refractivity contribution >= 4 is 0 Å². The molecule has 7 atom stereocenters. The van der Waals surface area contributed by atoms with E-state index in [2.05, 4.69) is 55.4 Å². The number of fused-ring (bicyclic) bond motifs is 6. The average molecular weight is 427 g/mol. The first-order chi connectivity index (χ1) is 14.2. The van der Waals surface area contributed by atoms with Gasteiger partial charge in [0.1, 0.15) is 0 Å². The van der Waals surface area contributed by atoms with E-state index in [1.54, 1.807) is 0 Å². The summed E-state index contributed by atoms with van der Waals surface area (Å²) in [5.41, 5.74) is 6.02. The quantitative estimate of drug-likeness (QED) is 0.386. The van der Waals surface area contributed by atoms with E-state index < -0.39 is 0 Å². The molecule has 1 N–H and O–H groups in total. The van der Waals surface area contributed by atoms with Crippen molar-refractivity contribution in [2.45, 2.75) is 132 Å². The Labute approximate surface area is 192 Å². The smallest absolute Gasteiger partial charge is 0.0594 e. The minimum atomic E-state index is -0.128. The van der Waals surface area contributed by atoms with Crippen molar-refractivity contribution in [3.05, 3.63) is 11.1 Å². The Balaban J connectivity index is 1.59. The molecule has 0 aromatic heterocycles. The first kappa shape index (κ1) is 22.5. The summed E-state index contributed by atoms with van der Waals surface area (Å²) in [6.45, 7) is 20.5. The molecule has 5 aliphatic rings. The molecule has 5 rings (SSSR count). The van der Waals surface area contributed by atoms with Gasteiger partial charge in [0, 0.05) is 0 Å². The lowest BCUT2D eigenvalue weighted by Crippen LogP contribution is -2.61. The van der Waals surface area contributed by atoms with Gasteiger partial charge in [0.2, 0.25) is 0 Å². The second-order valence-electron chi connectivity index (χ2n) is 15.2. The number of aliphatic hydroxyl groups excluding tert-OH is 1. The van der Waals surface area contributed by atoms with Crippen LogP contribution in [0.25, 0.3) is 0 Å². The molecule has 31 heavy (non-hydrogen) atoms. The van der Waals surface area contributed by atoms with Crippen LogP contribution in [0.2, 0.25) is 0 Å². The van der Waals surface area contributed by atoms with Gasteiger partial charge in [-0.25, -0.2) is 0 Å². The summed E-state index contributed by atoms with van der Waals surface area (Å²) in [5, 5.41) is 10.9. The molecule has 0 saturated heterocycles. The fourth-order valence-electron chi connectivity index (χ4n) is 10.4. The summed E-state index contributed by atoms with van der Waals surface area (Å²) < 4.78 is 0. The van der Waals surface area contributed by atoms with Gasteiger partial charge in [0.25, 0.3) is 0 Å². The Morgan fingerprint density at radius 2 is 1.35 bits per heavy atom. The van der Waals surface area contributed by atoms with Crippen LogP contribution in [0.15, 0.2) is 11.1 Å². The monoisotopic (exact) mass is 426 g/mol. The van der Waals surface area contributed by atoms with Crippen molar-refractivity contribution in [3.63, 3.8) is 0 Å². The van der Waals surface area contributed by atoms with E-state index in [1.807, 2.05) is 11.1 Å². The van der Waals surface area contributed by atoms with Crippen LogP contribution in [-0.2, 0) is 0 Å². The van der Waals surface area contributed by atoms with E-state index in [1.165, 1.54) is 64.2 Å². The van der Waals surface area contributed by atoms with Gasteiger partial charge in [-0.2, -0.15) is 0 Å². The number of hydrogen-bond donors (Lipinski definition) is 1. The summed E-state index contributed by atoms with van der Waals surface area (Å²) in [7, 11) is 0. The summed E-state index contributed by atoms with van der Waals surface area (Å²) in [6.07, 6.45) is 14.5. The normalized spacial score (nSPS) is 53.1. The highest BCUT2D eigenvalue weighted by molar-refractivity contribution is 5.38. The van der Waals surface area contributed by atoms with Gasteiger partial charge in [0.15, 0.2) is 0 Å². The van der Waals surface area contributed by atoms with Crippen LogP contribution in [0, 0.1) is 44.3 Å². The summed E-state index contributed by atoms with van der Waals surface area (Å²) in [4.78, 5) is 0. The van der Waals surface area contributed by atoms with Gasteiger partial charge >= 0.3 is 0 Å². The van der Waals surface area contributed by atoms with E-state index in [0.29, 0.717) is 33.0 Å². The van der Waals surface area contributed by atoms with Gasteiger partial charge in [-0.05, 0) is 115 Å². The van der Waals surface area contributed by atoms with Crippen molar-refractivity contribution < 1.29 is 5.11 Å². The zero-order valence-corrected chi connectivity index (χ0v) is 22.0. The maximum absolute atomic E-state index is 10.9. The topological polar surface area (TPSA) is 20.2 Å². The molecule has 0 aromatic carbocycles. The Morgan fingerprint density at radius 1 is 0.677 bits per heavy atom. The van der Waals surface area contributed by atoms with Crippen molar-refractivity contribution in [2.24, 2.45) is 44.3 Å². The van der Waals surface area contributed by atoms with Gasteiger partial charge in [-0.15, -0.1) is 0 Å². The van der Waals surface area contributed by atoms with Crippen LogP contribution < -0.4 is 0 Å². The number of hydrogen-bond acceptors (Lipinski definition) is 1. The molecule has 0 aromatic rings. The Morgan fingerprint density at radius 3 is 2.06 bits per heavy atom. The predicted octanol–water partition coefficient (Wildman–Crippen LogP) is 8.31. The fourth-order valence-corrected chi connectivity index (χ4v) is 10.4. The lowest BCUT2D eigenvalue weighted by atomic mass is 9.35. The second kappa shape index (κ2) is 6.43. The van der Waals surface area contributed by atoms with Crippen molar-refractivity contribution in [1.29, 1.82) is 0 Å². The molecule has 176 valence electrons. The third-order valence-corrected chi connectivity index (χ3v) is 13.0. The van der Waals surface area contributed by atoms with E-state index in [-0.39, 0.29) is 11.5 Å². The van der Waals surface area contributed by atoms with Crippen LogP contribution in [0.3, 0.4) is 0 Å². The van der Waals surface area contributed by atoms with Gasteiger partial charge in [-0.1, -0.05) is 66.5 Å². The molecule has 0 bridgehead atoms. The lowest BCUT2D eigenvalue weighted by Gasteiger charge is -2.69. The predicted molar refractivity (Wildman–Crippen MR) is 131 cm³/mol. The molecule has 0 radical (unpaired) electrons. The highest BCUT2D eigenvalue weighted by atomic mass is 16.3. The van der Waals surface area contributed by atoms with Crippen LogP contribution in [0.5, 0.6) is 0 Å². The average Bonchev–Trinajstić information content (AvgIpc) is 2.68. The zero-order chi connectivity index (χ0) is 22.7. The largest absolute Gasteiger partial charge is 0.393 e. The van der Waals surface area contributed by atoms with E-state index in [0.717, 1.165) is 12.3 Å². The van der Waals surface area contributed by atoms with Crippen molar-refractivity contribution in [2.75, 3.05) is 0 Å². The molecule has 0 spiro atoms. The maximum atomic E-state index is 10.9. The Bertz CT molecular complexity index is 803. The van der Waals surface area contributed by atoms with Crippen molar-refractivity contribution in [3.8, 4) is 0 Å². The maximum Gasteiger partial charge on any atom is 0.0594 e. The minimum absolute atomic E-state index is 0.0473. The van der Waals surface area contributed by atoms with Crippen LogP contribution in [0.4, 0.5) is 0 Å². The standard InChI is InChI=1S/C30H50O/c1-25(2)15-16-27(5)17-18-29(7)21-9-10-22-26(3,4)24(31)12-13-28(22,6)20(21)11-14-30(29,8)23(27)19-25/h22-24,31H,9-19H2,1-8H3/t22-,23-,24+,27+,28+,29+,30-/m0/s1. The molecule has 0 unspecified atom stereocenters. The summed E-state index contributed by atoms with van der Waals surface area (Å²) >= 11 is 0. The number of allylic oxidation sites excluding steroid dienone is 2. The fraction of sp³-hybridized carbons (Fsp3) is 0.933. The highest BCUT2D eigenvalue weighted by Crippen LogP contribution is 2.75.